The number of nitrogens with zero attached hydrogens (tertiary/aromatic N) is 3. The van der Waals surface area contributed by atoms with Gasteiger partial charge in [-0.15, -0.1) is 5.10 Å². The minimum atomic E-state index is -0.470. The fourth-order valence-corrected chi connectivity index (χ4v) is 2.54. The molecule has 0 bridgehead atoms. The summed E-state index contributed by atoms with van der Waals surface area (Å²) in [6.45, 7) is 0. The van der Waals surface area contributed by atoms with E-state index in [-0.39, 0.29) is 17.3 Å². The summed E-state index contributed by atoms with van der Waals surface area (Å²) in [5, 5.41) is 13.4. The van der Waals surface area contributed by atoms with Crippen LogP contribution in [0.2, 0.25) is 0 Å². The summed E-state index contributed by atoms with van der Waals surface area (Å²) in [4.78, 5) is 12.0. The van der Waals surface area contributed by atoms with E-state index < -0.39 is 5.97 Å². The second-order valence-corrected chi connectivity index (χ2v) is 6.07. The lowest BCUT2D eigenvalue weighted by molar-refractivity contribution is -0.456. The molecule has 1 aromatic carbocycles. The third-order valence-corrected chi connectivity index (χ3v) is 3.92. The van der Waals surface area contributed by atoms with Gasteiger partial charge >= 0.3 is 5.97 Å². The maximum Gasteiger partial charge on any atom is 0.338 e. The molecule has 5 N–H and O–H groups in total. The number of hydrogen-bond acceptors (Lipinski definition) is 8. The summed E-state index contributed by atoms with van der Waals surface area (Å²) in [5.74, 6) is 0.494. The SMILES string of the molecule is COC(=O)c1cc(Br)ccc1-c1ccc(C=[NH+]N=C(N)c2nonc2N)o1. The van der Waals surface area contributed by atoms with Crippen molar-refractivity contribution in [2.75, 3.05) is 12.8 Å². The fraction of sp³-hybridized carbons (Fsp3) is 0.0625. The van der Waals surface area contributed by atoms with Crippen LogP contribution in [0.4, 0.5) is 5.82 Å². The Morgan fingerprint density at radius 1 is 1.33 bits per heavy atom. The Labute approximate surface area is 161 Å². The van der Waals surface area contributed by atoms with Crippen LogP contribution in [0.1, 0.15) is 21.8 Å². The number of nitrogen functional groups attached to an aromatic ring is 1. The van der Waals surface area contributed by atoms with Gasteiger partial charge in [0.1, 0.15) is 5.76 Å². The number of esters is 1. The van der Waals surface area contributed by atoms with Crippen molar-refractivity contribution >= 4 is 39.8 Å². The molecule has 3 aromatic rings. The molecule has 138 valence electrons. The van der Waals surface area contributed by atoms with Crippen molar-refractivity contribution in [1.29, 1.82) is 0 Å². The molecule has 2 aromatic heterocycles. The van der Waals surface area contributed by atoms with Crippen LogP contribution >= 0.6 is 15.9 Å². The molecule has 2 heterocycles. The second-order valence-electron chi connectivity index (χ2n) is 5.15. The third kappa shape index (κ3) is 4.03. The van der Waals surface area contributed by atoms with Gasteiger partial charge in [-0.1, -0.05) is 15.9 Å². The van der Waals surface area contributed by atoms with Gasteiger partial charge in [-0.05, 0) is 40.6 Å². The molecule has 0 aliphatic heterocycles. The number of nitrogens with one attached hydrogen (secondary N) is 1. The molecule has 0 radical (unpaired) electrons. The third-order valence-electron chi connectivity index (χ3n) is 3.43. The number of methoxy groups -OCH3 is 1. The monoisotopic (exact) mass is 433 g/mol. The van der Waals surface area contributed by atoms with Gasteiger partial charge in [0, 0.05) is 15.1 Å². The first-order valence-electron chi connectivity index (χ1n) is 7.48. The van der Waals surface area contributed by atoms with Crippen molar-refractivity contribution in [3.63, 3.8) is 0 Å². The molecule has 0 fully saturated rings. The zero-order valence-electron chi connectivity index (χ0n) is 14.0. The molecule has 11 heteroatoms. The van der Waals surface area contributed by atoms with E-state index in [9.17, 15) is 4.79 Å². The number of hydrogen-bond donors (Lipinski definition) is 3. The predicted octanol–water partition coefficient (Wildman–Crippen LogP) is 0.281. The van der Waals surface area contributed by atoms with Crippen molar-refractivity contribution < 1.29 is 23.7 Å². The molecule has 0 amide bonds. The quantitative estimate of drug-likeness (QED) is 0.224. The molecule has 3 rings (SSSR count). The normalized spacial score (nSPS) is 11.9. The Morgan fingerprint density at radius 2 is 2.15 bits per heavy atom. The number of furan rings is 1. The number of ether oxygens (including phenoxy) is 1. The number of amidine groups is 1. The van der Waals surface area contributed by atoms with E-state index in [0.29, 0.717) is 22.6 Å². The van der Waals surface area contributed by atoms with E-state index in [0.717, 1.165) is 4.47 Å². The van der Waals surface area contributed by atoms with Crippen LogP contribution in [0.3, 0.4) is 0 Å². The standard InChI is InChI=1S/C16H13BrN6O4/c1-25-16(24)11-6-8(17)2-4-10(11)12-5-3-9(26-12)7-20-21-14(18)13-15(19)23-27-22-13/h2-7H,1H3,(H2,18,21)(H2,19,23)/p+1. The van der Waals surface area contributed by atoms with Crippen molar-refractivity contribution in [3.05, 3.63) is 51.8 Å². The molecule has 0 aliphatic carbocycles. The Hall–Kier alpha value is -3.47. The molecule has 27 heavy (non-hydrogen) atoms. The highest BCUT2D eigenvalue weighted by Crippen LogP contribution is 2.28. The number of aromatic nitrogens is 2. The average molecular weight is 434 g/mol. The summed E-state index contributed by atoms with van der Waals surface area (Å²) in [6, 6.07) is 8.63. The van der Waals surface area contributed by atoms with Gasteiger partial charge < -0.3 is 20.6 Å². The van der Waals surface area contributed by atoms with Crippen LogP contribution in [0.25, 0.3) is 11.3 Å². The minimum Gasteiger partial charge on any atom is -0.465 e. The van der Waals surface area contributed by atoms with Crippen molar-refractivity contribution in [3.8, 4) is 11.3 Å². The molecule has 0 saturated carbocycles. The molecule has 0 aliphatic rings. The van der Waals surface area contributed by atoms with Gasteiger partial charge in [0.05, 0.1) is 12.7 Å². The first-order valence-corrected chi connectivity index (χ1v) is 8.27. The van der Waals surface area contributed by atoms with Gasteiger partial charge in [-0.3, -0.25) is 0 Å². The fourth-order valence-electron chi connectivity index (χ4n) is 2.18. The lowest BCUT2D eigenvalue weighted by Crippen LogP contribution is -2.63. The van der Waals surface area contributed by atoms with Crippen molar-refractivity contribution in [2.24, 2.45) is 10.8 Å². The maximum absolute atomic E-state index is 12.0. The smallest absolute Gasteiger partial charge is 0.338 e. The molecule has 0 spiro atoms. The van der Waals surface area contributed by atoms with Gasteiger partial charge in [-0.2, -0.15) is 0 Å². The number of nitrogens with two attached hydrogens (primary N) is 2. The van der Waals surface area contributed by atoms with Gasteiger partial charge in [0.2, 0.25) is 12.1 Å². The predicted molar refractivity (Wildman–Crippen MR) is 98.7 cm³/mol. The summed E-state index contributed by atoms with van der Waals surface area (Å²) < 4.78 is 15.7. The van der Waals surface area contributed by atoms with Crippen LogP contribution in [0.15, 0.2) is 49.0 Å². The van der Waals surface area contributed by atoms with Crippen LogP contribution in [0, 0.1) is 0 Å². The van der Waals surface area contributed by atoms with Crippen LogP contribution in [-0.4, -0.2) is 35.4 Å². The Kier molecular flexibility index (Phi) is 5.31. The summed E-state index contributed by atoms with van der Waals surface area (Å²) >= 11 is 3.33. The van der Waals surface area contributed by atoms with E-state index in [2.05, 4.69) is 41.1 Å². The minimum absolute atomic E-state index is 0.00216. The lowest BCUT2D eigenvalue weighted by atomic mass is 10.1. The number of carbonyl (C=O) groups excluding carboxylic acids is 1. The number of halogens is 1. The Morgan fingerprint density at radius 3 is 2.85 bits per heavy atom. The zero-order valence-corrected chi connectivity index (χ0v) is 15.6. The van der Waals surface area contributed by atoms with E-state index in [1.54, 1.807) is 30.3 Å². The van der Waals surface area contributed by atoms with E-state index in [1.807, 2.05) is 0 Å². The number of rotatable bonds is 5. The van der Waals surface area contributed by atoms with Crippen LogP contribution < -0.4 is 16.6 Å². The van der Waals surface area contributed by atoms with Crippen molar-refractivity contribution in [2.45, 2.75) is 0 Å². The van der Waals surface area contributed by atoms with E-state index in [1.165, 1.54) is 13.3 Å². The van der Waals surface area contributed by atoms with Gasteiger partial charge in [0.25, 0.3) is 0 Å². The summed E-state index contributed by atoms with van der Waals surface area (Å²) in [6.07, 6.45) is 1.47. The molecular weight excluding hydrogens is 420 g/mol. The number of carbonyl (C=O) groups is 1. The highest BCUT2D eigenvalue weighted by atomic mass is 79.9. The summed E-state index contributed by atoms with van der Waals surface area (Å²) in [5.41, 5.74) is 12.3. The number of benzene rings is 1. The van der Waals surface area contributed by atoms with Crippen molar-refractivity contribution in [1.82, 2.24) is 10.3 Å². The molecular formula is C16H14BrN6O4+. The average Bonchev–Trinajstić information content (AvgIpc) is 3.30. The van der Waals surface area contributed by atoms with E-state index in [4.69, 9.17) is 20.6 Å². The van der Waals surface area contributed by atoms with Gasteiger partial charge in [0.15, 0.2) is 17.3 Å². The highest BCUT2D eigenvalue weighted by Gasteiger charge is 2.17. The van der Waals surface area contributed by atoms with Crippen LogP contribution in [0.5, 0.6) is 0 Å². The second kappa shape index (κ2) is 7.83. The van der Waals surface area contributed by atoms with E-state index >= 15 is 0 Å². The number of hydrazone groups is 1. The molecule has 0 unspecified atom stereocenters. The largest absolute Gasteiger partial charge is 0.465 e. The highest BCUT2D eigenvalue weighted by molar-refractivity contribution is 9.10. The maximum atomic E-state index is 12.0. The first-order chi connectivity index (χ1) is 13.0. The number of anilines is 1. The summed E-state index contributed by atoms with van der Waals surface area (Å²) in [7, 11) is 1.32. The molecule has 10 nitrogen and oxygen atoms in total. The van der Waals surface area contributed by atoms with Crippen LogP contribution in [-0.2, 0) is 4.74 Å². The Balaban J connectivity index is 1.84. The molecule has 0 atom stereocenters. The Bertz CT molecular complexity index is 1040. The van der Waals surface area contributed by atoms with Gasteiger partial charge in [-0.25, -0.2) is 9.42 Å². The first kappa shape index (κ1) is 18.3. The lowest BCUT2D eigenvalue weighted by Gasteiger charge is -2.06. The molecule has 0 saturated heterocycles. The topological polar surface area (TPSA) is 157 Å². The zero-order chi connectivity index (χ0) is 19.4.